The largest absolute Gasteiger partial charge is 0.398 e. The van der Waals surface area contributed by atoms with Crippen LogP contribution in [0, 0.1) is 0 Å². The summed E-state index contributed by atoms with van der Waals surface area (Å²) in [6.07, 6.45) is 0. The summed E-state index contributed by atoms with van der Waals surface area (Å²) in [7, 11) is 0. The van der Waals surface area contributed by atoms with Crippen molar-refractivity contribution in [3.63, 3.8) is 0 Å². The van der Waals surface area contributed by atoms with Crippen molar-refractivity contribution in [2.24, 2.45) is 0 Å². The normalized spacial score (nSPS) is 11.2. The molecule has 3 rings (SSSR count). The highest BCUT2D eigenvalue weighted by molar-refractivity contribution is 5.94. The third-order valence-electron chi connectivity index (χ3n) is 3.59. The van der Waals surface area contributed by atoms with Gasteiger partial charge in [0.15, 0.2) is 0 Å². The molecule has 1 heterocycles. The minimum Gasteiger partial charge on any atom is -0.398 e. The third-order valence-corrected chi connectivity index (χ3v) is 3.59. The molecule has 0 amide bonds. The van der Waals surface area contributed by atoms with Crippen molar-refractivity contribution < 1.29 is 0 Å². The van der Waals surface area contributed by atoms with Crippen LogP contribution in [0.1, 0.15) is 25.3 Å². The number of hydrogen-bond donors (Lipinski definition) is 1. The lowest BCUT2D eigenvalue weighted by molar-refractivity contribution is 0.873. The Morgan fingerprint density at radius 2 is 1.70 bits per heavy atom. The molecule has 0 saturated carbocycles. The number of rotatable bonds is 2. The van der Waals surface area contributed by atoms with Crippen LogP contribution in [0.25, 0.3) is 22.2 Å². The van der Waals surface area contributed by atoms with Crippen LogP contribution in [0.5, 0.6) is 0 Å². The van der Waals surface area contributed by atoms with Crippen molar-refractivity contribution in [3.05, 3.63) is 60.2 Å². The lowest BCUT2D eigenvalue weighted by atomic mass is 9.98. The number of hydrogen-bond acceptors (Lipinski definition) is 2. The SMILES string of the molecule is CC(C)c1cccc2c(N)cc(-c3ccccc3)nc12. The predicted octanol–water partition coefficient (Wildman–Crippen LogP) is 4.61. The number of benzene rings is 2. The van der Waals surface area contributed by atoms with Crippen LogP contribution in [0.3, 0.4) is 0 Å². The summed E-state index contributed by atoms with van der Waals surface area (Å²) in [6, 6.07) is 18.4. The van der Waals surface area contributed by atoms with Crippen molar-refractivity contribution in [2.45, 2.75) is 19.8 Å². The minimum absolute atomic E-state index is 0.427. The summed E-state index contributed by atoms with van der Waals surface area (Å²) in [6.45, 7) is 4.36. The molecule has 0 saturated heterocycles. The first-order valence-electron chi connectivity index (χ1n) is 6.91. The van der Waals surface area contributed by atoms with Gasteiger partial charge in [0.25, 0.3) is 0 Å². The van der Waals surface area contributed by atoms with Gasteiger partial charge >= 0.3 is 0 Å². The fourth-order valence-corrected chi connectivity index (χ4v) is 2.52. The lowest BCUT2D eigenvalue weighted by Gasteiger charge is -2.12. The van der Waals surface area contributed by atoms with Crippen LogP contribution in [-0.4, -0.2) is 4.98 Å². The first-order chi connectivity index (χ1) is 9.66. The quantitative estimate of drug-likeness (QED) is 0.732. The molecular formula is C18H18N2. The fraction of sp³-hybridized carbons (Fsp3) is 0.167. The number of pyridine rings is 1. The maximum absolute atomic E-state index is 6.22. The number of anilines is 1. The molecule has 20 heavy (non-hydrogen) atoms. The van der Waals surface area contributed by atoms with Gasteiger partial charge in [-0.05, 0) is 17.5 Å². The molecule has 100 valence electrons. The molecule has 0 bridgehead atoms. The third kappa shape index (κ3) is 2.14. The van der Waals surface area contributed by atoms with E-state index in [9.17, 15) is 0 Å². The molecule has 0 radical (unpaired) electrons. The Labute approximate surface area is 119 Å². The van der Waals surface area contributed by atoms with Crippen LogP contribution in [0.15, 0.2) is 54.6 Å². The summed E-state index contributed by atoms with van der Waals surface area (Å²) in [5.74, 6) is 0.427. The van der Waals surface area contributed by atoms with E-state index in [4.69, 9.17) is 10.7 Å². The zero-order valence-electron chi connectivity index (χ0n) is 11.8. The van der Waals surface area contributed by atoms with Gasteiger partial charge in [0, 0.05) is 16.6 Å². The maximum Gasteiger partial charge on any atom is 0.0764 e. The summed E-state index contributed by atoms with van der Waals surface area (Å²) < 4.78 is 0. The molecule has 0 atom stereocenters. The van der Waals surface area contributed by atoms with Crippen molar-refractivity contribution in [1.29, 1.82) is 0 Å². The number of fused-ring (bicyclic) bond motifs is 1. The second-order valence-corrected chi connectivity index (χ2v) is 5.36. The van der Waals surface area contributed by atoms with Crippen LogP contribution in [-0.2, 0) is 0 Å². The Morgan fingerprint density at radius 1 is 0.950 bits per heavy atom. The Balaban J connectivity index is 2.30. The van der Waals surface area contributed by atoms with Gasteiger partial charge < -0.3 is 5.73 Å². The highest BCUT2D eigenvalue weighted by atomic mass is 14.7. The zero-order valence-corrected chi connectivity index (χ0v) is 11.8. The number of nitrogens with zero attached hydrogens (tertiary/aromatic N) is 1. The Bertz CT molecular complexity index is 746. The molecule has 0 aliphatic carbocycles. The van der Waals surface area contributed by atoms with E-state index in [1.165, 1.54) is 5.56 Å². The van der Waals surface area contributed by atoms with Crippen molar-refractivity contribution in [2.75, 3.05) is 5.73 Å². The Morgan fingerprint density at radius 3 is 2.40 bits per heavy atom. The molecule has 2 nitrogen and oxygen atoms in total. The maximum atomic E-state index is 6.22. The molecule has 0 spiro atoms. The molecule has 2 aromatic carbocycles. The first-order valence-corrected chi connectivity index (χ1v) is 6.91. The van der Waals surface area contributed by atoms with Crippen molar-refractivity contribution in [3.8, 4) is 11.3 Å². The molecule has 3 aromatic rings. The van der Waals surface area contributed by atoms with E-state index in [1.54, 1.807) is 0 Å². The lowest BCUT2D eigenvalue weighted by Crippen LogP contribution is -1.97. The van der Waals surface area contributed by atoms with Gasteiger partial charge in [0.2, 0.25) is 0 Å². The van der Waals surface area contributed by atoms with Crippen molar-refractivity contribution in [1.82, 2.24) is 4.98 Å². The molecule has 1 aromatic heterocycles. The molecule has 0 aliphatic rings. The average Bonchev–Trinajstić information content (AvgIpc) is 2.47. The van der Waals surface area contributed by atoms with Crippen molar-refractivity contribution >= 4 is 16.6 Å². The van der Waals surface area contributed by atoms with E-state index in [0.29, 0.717) is 5.92 Å². The molecule has 0 aliphatic heterocycles. The summed E-state index contributed by atoms with van der Waals surface area (Å²) >= 11 is 0. The highest BCUT2D eigenvalue weighted by Gasteiger charge is 2.10. The van der Waals surface area contributed by atoms with Gasteiger partial charge in [-0.2, -0.15) is 0 Å². The van der Waals surface area contributed by atoms with E-state index in [-0.39, 0.29) is 0 Å². The van der Waals surface area contributed by atoms with Crippen LogP contribution < -0.4 is 5.73 Å². The molecule has 0 fully saturated rings. The first kappa shape index (κ1) is 12.7. The van der Waals surface area contributed by atoms with E-state index >= 15 is 0 Å². The molecule has 2 heteroatoms. The second-order valence-electron chi connectivity index (χ2n) is 5.36. The summed E-state index contributed by atoms with van der Waals surface area (Å²) in [5.41, 5.74) is 11.3. The van der Waals surface area contributed by atoms with E-state index in [2.05, 4.69) is 38.1 Å². The van der Waals surface area contributed by atoms with Crippen LogP contribution in [0.2, 0.25) is 0 Å². The Kier molecular flexibility index (Phi) is 3.15. The van der Waals surface area contributed by atoms with E-state index < -0.39 is 0 Å². The van der Waals surface area contributed by atoms with E-state index in [1.807, 2.05) is 30.3 Å². The van der Waals surface area contributed by atoms with Gasteiger partial charge in [-0.25, -0.2) is 4.98 Å². The highest BCUT2D eigenvalue weighted by Crippen LogP contribution is 2.30. The summed E-state index contributed by atoms with van der Waals surface area (Å²) in [5, 5.41) is 1.04. The van der Waals surface area contributed by atoms with Gasteiger partial charge in [0.05, 0.1) is 11.2 Å². The monoisotopic (exact) mass is 262 g/mol. The molecule has 2 N–H and O–H groups in total. The number of aromatic nitrogens is 1. The topological polar surface area (TPSA) is 38.9 Å². The van der Waals surface area contributed by atoms with Crippen LogP contribution >= 0.6 is 0 Å². The smallest absolute Gasteiger partial charge is 0.0764 e. The molecule has 0 unspecified atom stereocenters. The van der Waals surface area contributed by atoms with Crippen LogP contribution in [0.4, 0.5) is 5.69 Å². The van der Waals surface area contributed by atoms with Gasteiger partial charge in [-0.1, -0.05) is 62.4 Å². The predicted molar refractivity (Wildman–Crippen MR) is 85.7 cm³/mol. The standard InChI is InChI=1S/C18H18N2/c1-12(2)14-9-6-10-15-16(19)11-17(20-18(14)15)13-7-4-3-5-8-13/h3-12H,1-2H3,(H2,19,20). The van der Waals surface area contributed by atoms with Gasteiger partial charge in [0.1, 0.15) is 0 Å². The Hall–Kier alpha value is -2.35. The number of para-hydroxylation sites is 1. The fourth-order valence-electron chi connectivity index (χ4n) is 2.52. The van der Waals surface area contributed by atoms with Gasteiger partial charge in [-0.15, -0.1) is 0 Å². The minimum atomic E-state index is 0.427. The zero-order chi connectivity index (χ0) is 14.1. The average molecular weight is 262 g/mol. The van der Waals surface area contributed by atoms with E-state index in [0.717, 1.165) is 27.8 Å². The second kappa shape index (κ2) is 4.97. The molecular weight excluding hydrogens is 244 g/mol. The summed E-state index contributed by atoms with van der Waals surface area (Å²) in [4.78, 5) is 4.85. The van der Waals surface area contributed by atoms with Gasteiger partial charge in [-0.3, -0.25) is 0 Å². The number of nitrogens with two attached hydrogens (primary N) is 1. The number of nitrogen functional groups attached to an aromatic ring is 1.